The van der Waals surface area contributed by atoms with Crippen LogP contribution in [0.1, 0.15) is 90.1 Å². The third-order valence-corrected chi connectivity index (χ3v) is 16.7. The van der Waals surface area contributed by atoms with Gasteiger partial charge in [-0.05, 0) is 135 Å². The van der Waals surface area contributed by atoms with Gasteiger partial charge in [-0.3, -0.25) is 0 Å². The standard InChI is InChI=1S/C64H58BN3OS/c1-37-32-39(62(3,4)5)26-30-48(37)66(49-31-27-40(33-38(49)2)63(6,7)8)42-28-29-46-51(36-42)67(50-22-17-24-55-57(50)43-18-12-14-23-54(43)69-55)52-34-41(64(9,10)11)35-53-58(52)65(46)47-21-16-20-45-59(47)68(53)60-44-19-13-15-25-56(44)70-61(45)60/h12-36H,1-11H3. The lowest BCUT2D eigenvalue weighted by molar-refractivity contribution is 0.589. The van der Waals surface area contributed by atoms with E-state index < -0.39 is 0 Å². The second-order valence-electron chi connectivity index (χ2n) is 23.1. The van der Waals surface area contributed by atoms with Gasteiger partial charge >= 0.3 is 0 Å². The molecule has 2 aliphatic heterocycles. The number of rotatable bonds is 4. The lowest BCUT2D eigenvalue weighted by Gasteiger charge is -2.42. The molecule has 4 nitrogen and oxygen atoms in total. The van der Waals surface area contributed by atoms with Gasteiger partial charge in [-0.2, -0.15) is 0 Å². The molecule has 0 N–H and O–H groups in total. The molecule has 6 heteroatoms. The van der Waals surface area contributed by atoms with E-state index >= 15 is 0 Å². The van der Waals surface area contributed by atoms with E-state index in [9.17, 15) is 0 Å². The van der Waals surface area contributed by atoms with E-state index in [0.717, 1.165) is 33.3 Å². The molecule has 0 unspecified atom stereocenters. The Morgan fingerprint density at radius 3 is 1.79 bits per heavy atom. The van der Waals surface area contributed by atoms with Gasteiger partial charge in [-0.25, -0.2) is 0 Å². The molecule has 8 aromatic carbocycles. The highest BCUT2D eigenvalue weighted by Crippen LogP contribution is 2.50. The van der Waals surface area contributed by atoms with Crippen molar-refractivity contribution in [2.75, 3.05) is 9.80 Å². The number of thiophene rings is 1. The van der Waals surface area contributed by atoms with Crippen molar-refractivity contribution in [3.8, 4) is 5.69 Å². The average molecular weight is 928 g/mol. The van der Waals surface area contributed by atoms with E-state index in [1.54, 1.807) is 0 Å². The number of benzene rings is 8. The van der Waals surface area contributed by atoms with Gasteiger partial charge in [-0.15, -0.1) is 11.3 Å². The summed E-state index contributed by atoms with van der Waals surface area (Å²) in [4.78, 5) is 5.13. The van der Waals surface area contributed by atoms with Crippen LogP contribution in [0.25, 0.3) is 58.8 Å². The van der Waals surface area contributed by atoms with Gasteiger partial charge in [-0.1, -0.05) is 153 Å². The van der Waals surface area contributed by atoms with Crippen molar-refractivity contribution in [2.45, 2.75) is 92.4 Å². The molecule has 0 amide bonds. The second-order valence-corrected chi connectivity index (χ2v) is 24.2. The molecular formula is C64H58BN3OS. The highest BCUT2D eigenvalue weighted by Gasteiger charge is 2.44. The van der Waals surface area contributed by atoms with Crippen LogP contribution in [0.15, 0.2) is 156 Å². The third-order valence-electron chi connectivity index (χ3n) is 15.5. The Balaban J connectivity index is 1.16. The fourth-order valence-electron chi connectivity index (χ4n) is 11.8. The SMILES string of the molecule is Cc1cc(C(C)(C)C)ccc1N(c1ccc2c(c1)N(c1cccc3oc4ccccc4c13)c1cc(C(C)(C)C)cc3c1B2c1cccc2c4sc5ccccc5c4n-3c12)c1ccc(C(C)(C)C)cc1C. The zero-order valence-corrected chi connectivity index (χ0v) is 43.0. The third kappa shape index (κ3) is 6.21. The smallest absolute Gasteiger partial charge is 0.252 e. The van der Waals surface area contributed by atoms with Crippen molar-refractivity contribution < 1.29 is 4.42 Å². The van der Waals surface area contributed by atoms with Crippen LogP contribution in [0.3, 0.4) is 0 Å². The number of fused-ring (bicyclic) bond motifs is 12. The van der Waals surface area contributed by atoms with Gasteiger partial charge in [0.05, 0.1) is 26.8 Å². The monoisotopic (exact) mass is 927 g/mol. The Morgan fingerprint density at radius 1 is 0.486 bits per heavy atom. The van der Waals surface area contributed by atoms with Gasteiger partial charge in [0.15, 0.2) is 0 Å². The number of aromatic nitrogens is 1. The summed E-state index contributed by atoms with van der Waals surface area (Å²) in [7, 11) is 0. The first-order valence-electron chi connectivity index (χ1n) is 25.0. The Labute approximate surface area is 415 Å². The summed E-state index contributed by atoms with van der Waals surface area (Å²) < 4.78 is 12.0. The molecule has 0 saturated carbocycles. The maximum absolute atomic E-state index is 6.70. The van der Waals surface area contributed by atoms with Gasteiger partial charge < -0.3 is 18.8 Å². The number of furan rings is 1. The van der Waals surface area contributed by atoms with Crippen molar-refractivity contribution in [3.63, 3.8) is 0 Å². The Kier molecular flexibility index (Phi) is 9.07. The minimum atomic E-state index is -0.146. The maximum Gasteiger partial charge on any atom is 0.252 e. The van der Waals surface area contributed by atoms with Gasteiger partial charge in [0, 0.05) is 55.0 Å². The number of hydrogen-bond donors (Lipinski definition) is 0. The zero-order valence-electron chi connectivity index (χ0n) is 42.2. The molecule has 11 aromatic rings. The summed E-state index contributed by atoms with van der Waals surface area (Å²) in [5.74, 6) is 0. The summed E-state index contributed by atoms with van der Waals surface area (Å²) in [5, 5.41) is 4.87. The van der Waals surface area contributed by atoms with Crippen LogP contribution in [0.2, 0.25) is 0 Å². The predicted octanol–water partition coefficient (Wildman–Crippen LogP) is 16.5. The molecule has 70 heavy (non-hydrogen) atoms. The van der Waals surface area contributed by atoms with Gasteiger partial charge in [0.25, 0.3) is 6.71 Å². The molecule has 0 radical (unpaired) electrons. The lowest BCUT2D eigenvalue weighted by Crippen LogP contribution is -2.60. The second kappa shape index (κ2) is 14.8. The minimum Gasteiger partial charge on any atom is -0.456 e. The number of aryl methyl sites for hydroxylation is 2. The first-order valence-corrected chi connectivity index (χ1v) is 25.8. The quantitative estimate of drug-likeness (QED) is 0.164. The largest absolute Gasteiger partial charge is 0.456 e. The van der Waals surface area contributed by atoms with Crippen LogP contribution in [0.5, 0.6) is 0 Å². The maximum atomic E-state index is 6.70. The van der Waals surface area contributed by atoms with Crippen LogP contribution in [0.4, 0.5) is 34.1 Å². The molecule has 13 rings (SSSR count). The van der Waals surface area contributed by atoms with Crippen molar-refractivity contribution in [3.05, 3.63) is 179 Å². The van der Waals surface area contributed by atoms with Gasteiger partial charge in [0.1, 0.15) is 11.2 Å². The number of hydrogen-bond acceptors (Lipinski definition) is 4. The minimum absolute atomic E-state index is 0.0138. The predicted molar refractivity (Wildman–Crippen MR) is 303 cm³/mol. The van der Waals surface area contributed by atoms with Gasteiger partial charge in [0.2, 0.25) is 0 Å². The van der Waals surface area contributed by atoms with E-state index in [1.807, 2.05) is 11.3 Å². The first kappa shape index (κ1) is 43.0. The summed E-state index contributed by atoms with van der Waals surface area (Å²) in [6.45, 7) is 25.5. The highest BCUT2D eigenvalue weighted by atomic mass is 32.1. The van der Waals surface area contributed by atoms with E-state index in [-0.39, 0.29) is 23.0 Å². The molecule has 0 aliphatic carbocycles. The number of para-hydroxylation sites is 2. The molecule has 0 bridgehead atoms. The van der Waals surface area contributed by atoms with Crippen molar-refractivity contribution in [2.24, 2.45) is 0 Å². The Morgan fingerprint density at radius 2 is 1.10 bits per heavy atom. The number of anilines is 6. The zero-order chi connectivity index (χ0) is 48.3. The molecule has 2 aliphatic rings. The highest BCUT2D eigenvalue weighted by molar-refractivity contribution is 7.26. The summed E-state index contributed by atoms with van der Waals surface area (Å²) in [6, 6.07) is 57.7. The molecule has 0 fully saturated rings. The summed E-state index contributed by atoms with van der Waals surface area (Å²) in [5.41, 5.74) is 23.0. The molecule has 0 atom stereocenters. The average Bonchev–Trinajstić information content (AvgIpc) is 4.00. The van der Waals surface area contributed by atoms with Crippen molar-refractivity contribution in [1.82, 2.24) is 4.57 Å². The van der Waals surface area contributed by atoms with Crippen LogP contribution < -0.4 is 26.2 Å². The molecule has 0 saturated heterocycles. The van der Waals surface area contributed by atoms with Crippen molar-refractivity contribution >= 4 is 122 Å². The van der Waals surface area contributed by atoms with Crippen LogP contribution in [-0.4, -0.2) is 11.3 Å². The normalized spacial score (nSPS) is 13.6. The molecule has 5 heterocycles. The van der Waals surface area contributed by atoms with E-state index in [4.69, 9.17) is 4.42 Å². The van der Waals surface area contributed by atoms with Crippen molar-refractivity contribution in [1.29, 1.82) is 0 Å². The molecule has 0 spiro atoms. The van der Waals surface area contributed by atoms with E-state index in [1.165, 1.54) is 104 Å². The van der Waals surface area contributed by atoms with Crippen LogP contribution in [0, 0.1) is 13.8 Å². The van der Waals surface area contributed by atoms with Crippen LogP contribution >= 0.6 is 11.3 Å². The molecule has 3 aromatic heterocycles. The fraction of sp³-hybridized carbons (Fsp3) is 0.219. The molecular weight excluding hydrogens is 870 g/mol. The topological polar surface area (TPSA) is 24.6 Å². The lowest BCUT2D eigenvalue weighted by atomic mass is 9.33. The van der Waals surface area contributed by atoms with E-state index in [2.05, 4.69) is 242 Å². The summed E-state index contributed by atoms with van der Waals surface area (Å²) >= 11 is 1.92. The molecule has 344 valence electrons. The Hall–Kier alpha value is -7.02. The van der Waals surface area contributed by atoms with E-state index in [0.29, 0.717) is 0 Å². The fourth-order valence-corrected chi connectivity index (χ4v) is 13.0. The first-order chi connectivity index (χ1) is 33.5. The van der Waals surface area contributed by atoms with Crippen LogP contribution in [-0.2, 0) is 16.2 Å². The Bertz CT molecular complexity index is 3950. The number of nitrogens with zero attached hydrogens (tertiary/aromatic N) is 3. The summed E-state index contributed by atoms with van der Waals surface area (Å²) in [6.07, 6.45) is 0.